The summed E-state index contributed by atoms with van der Waals surface area (Å²) in [7, 11) is 0. The minimum Gasteiger partial charge on any atom is -0.481 e. The molecule has 1 aromatic carbocycles. The molecule has 0 aromatic heterocycles. The van der Waals surface area contributed by atoms with Crippen LogP contribution in [0.1, 0.15) is 44.2 Å². The summed E-state index contributed by atoms with van der Waals surface area (Å²) in [4.78, 5) is 25.4. The Labute approximate surface area is 166 Å². The van der Waals surface area contributed by atoms with Gasteiger partial charge < -0.3 is 20.5 Å². The zero-order valence-corrected chi connectivity index (χ0v) is 16.8. The summed E-state index contributed by atoms with van der Waals surface area (Å²) in [6, 6.07) is 6.00. The quantitative estimate of drug-likeness (QED) is 0.661. The summed E-state index contributed by atoms with van der Waals surface area (Å²) >= 11 is 0. The highest BCUT2D eigenvalue weighted by atomic mass is 16.5. The van der Waals surface area contributed by atoms with Gasteiger partial charge in [0.1, 0.15) is 6.61 Å². The maximum absolute atomic E-state index is 12.2. The van der Waals surface area contributed by atoms with Crippen molar-refractivity contribution in [3.8, 4) is 0 Å². The number of nitrogens with zero attached hydrogens (tertiary/aromatic N) is 1. The third-order valence-corrected chi connectivity index (χ3v) is 5.66. The highest BCUT2D eigenvalue weighted by molar-refractivity contribution is 5.91. The van der Waals surface area contributed by atoms with Crippen LogP contribution >= 0.6 is 0 Å². The van der Waals surface area contributed by atoms with Crippen LogP contribution in [0.25, 0.3) is 0 Å². The first-order valence-corrected chi connectivity index (χ1v) is 10.0. The van der Waals surface area contributed by atoms with E-state index in [0.29, 0.717) is 13.1 Å². The maximum Gasteiger partial charge on any atom is 0.304 e. The number of amides is 1. The number of carbonyl (C=O) groups is 2. The van der Waals surface area contributed by atoms with E-state index in [-0.39, 0.29) is 30.6 Å². The lowest BCUT2D eigenvalue weighted by Gasteiger charge is -2.43. The molecular weight excluding hydrogens is 358 g/mol. The van der Waals surface area contributed by atoms with E-state index in [1.165, 1.54) is 5.56 Å². The third kappa shape index (κ3) is 5.53. The van der Waals surface area contributed by atoms with Crippen molar-refractivity contribution in [2.45, 2.75) is 57.7 Å². The molecule has 7 nitrogen and oxygen atoms in total. The second kappa shape index (κ2) is 9.03. The molecule has 3 N–H and O–H groups in total. The predicted molar refractivity (Wildman–Crippen MR) is 107 cm³/mol. The first-order valence-electron chi connectivity index (χ1n) is 10.0. The molecule has 0 bridgehead atoms. The molecule has 2 heterocycles. The number of carboxylic acid groups (broad SMARTS) is 1. The van der Waals surface area contributed by atoms with Crippen molar-refractivity contribution in [1.82, 2.24) is 10.2 Å². The predicted octanol–water partition coefficient (Wildman–Crippen LogP) is 2.01. The summed E-state index contributed by atoms with van der Waals surface area (Å²) < 4.78 is 5.71. The maximum atomic E-state index is 12.2. The molecule has 7 heteroatoms. The molecule has 1 saturated heterocycles. The number of fused-ring (bicyclic) bond motifs is 1. The summed E-state index contributed by atoms with van der Waals surface area (Å²) in [5, 5.41) is 15.2. The average molecular weight is 389 g/mol. The fraction of sp³-hybridized carbons (Fsp3) is 0.619. The number of piperidine rings is 1. The van der Waals surface area contributed by atoms with E-state index >= 15 is 0 Å². The topological polar surface area (TPSA) is 90.9 Å². The van der Waals surface area contributed by atoms with E-state index in [0.717, 1.165) is 43.6 Å². The van der Waals surface area contributed by atoms with Gasteiger partial charge in [-0.15, -0.1) is 0 Å². The van der Waals surface area contributed by atoms with Gasteiger partial charge in [0.25, 0.3) is 0 Å². The van der Waals surface area contributed by atoms with Gasteiger partial charge in [0.05, 0.1) is 12.5 Å². The van der Waals surface area contributed by atoms with Crippen LogP contribution in [0, 0.1) is 0 Å². The second-order valence-corrected chi connectivity index (χ2v) is 8.35. The van der Waals surface area contributed by atoms with Crippen LogP contribution < -0.4 is 10.6 Å². The van der Waals surface area contributed by atoms with Gasteiger partial charge >= 0.3 is 5.97 Å². The van der Waals surface area contributed by atoms with E-state index in [1.54, 1.807) is 0 Å². The number of aliphatic carboxylic acids is 1. The summed E-state index contributed by atoms with van der Waals surface area (Å²) in [6.07, 6.45) is 3.01. The minimum atomic E-state index is -0.781. The van der Waals surface area contributed by atoms with Crippen LogP contribution in [-0.4, -0.2) is 59.8 Å². The van der Waals surface area contributed by atoms with Crippen LogP contribution in [0.15, 0.2) is 18.2 Å². The number of anilines is 1. The molecule has 154 valence electrons. The van der Waals surface area contributed by atoms with Crippen molar-refractivity contribution in [1.29, 1.82) is 0 Å². The van der Waals surface area contributed by atoms with Crippen molar-refractivity contribution in [3.63, 3.8) is 0 Å². The van der Waals surface area contributed by atoms with E-state index < -0.39 is 5.97 Å². The lowest BCUT2D eigenvalue weighted by Crippen LogP contribution is -2.49. The standard InChI is InChI=1S/C21H31N3O4/c1-21(2)12-15-3-4-17(11-16(15)13-24(21)10-7-20(26)27)23-19(25)14-28-18-5-8-22-9-6-18/h3-4,11,18,22H,5-10,12-14H2,1-2H3,(H,23,25)(H,26,27). The number of carbonyl (C=O) groups excluding carboxylic acids is 1. The van der Waals surface area contributed by atoms with Crippen molar-refractivity contribution in [3.05, 3.63) is 29.3 Å². The van der Waals surface area contributed by atoms with Crippen molar-refractivity contribution in [2.24, 2.45) is 0 Å². The SMILES string of the molecule is CC1(C)Cc2ccc(NC(=O)COC3CCNCC3)cc2CN1CCC(=O)O. The molecule has 0 unspecified atom stereocenters. The van der Waals surface area contributed by atoms with Crippen molar-refractivity contribution in [2.75, 3.05) is 31.6 Å². The molecule has 28 heavy (non-hydrogen) atoms. The highest BCUT2D eigenvalue weighted by Crippen LogP contribution is 2.32. The van der Waals surface area contributed by atoms with Gasteiger partial charge in [-0.1, -0.05) is 6.07 Å². The zero-order valence-electron chi connectivity index (χ0n) is 16.8. The van der Waals surface area contributed by atoms with Gasteiger partial charge in [0, 0.05) is 24.3 Å². The summed E-state index contributed by atoms with van der Waals surface area (Å²) in [5.41, 5.74) is 3.06. The number of benzene rings is 1. The van der Waals surface area contributed by atoms with Crippen LogP contribution in [0.5, 0.6) is 0 Å². The Hall–Kier alpha value is -1.96. The average Bonchev–Trinajstić information content (AvgIpc) is 2.65. The molecule has 1 amide bonds. The fourth-order valence-corrected chi connectivity index (χ4v) is 3.99. The third-order valence-electron chi connectivity index (χ3n) is 5.66. The van der Waals surface area contributed by atoms with Gasteiger partial charge in [0.15, 0.2) is 0 Å². The number of nitrogens with one attached hydrogen (secondary N) is 2. The Morgan fingerprint density at radius 1 is 1.29 bits per heavy atom. The van der Waals surface area contributed by atoms with E-state index in [2.05, 4.69) is 35.4 Å². The fourth-order valence-electron chi connectivity index (χ4n) is 3.99. The summed E-state index contributed by atoms with van der Waals surface area (Å²) in [6.45, 7) is 7.43. The molecule has 1 fully saturated rings. The van der Waals surface area contributed by atoms with Gasteiger partial charge in [-0.3, -0.25) is 14.5 Å². The highest BCUT2D eigenvalue weighted by Gasteiger charge is 2.32. The Morgan fingerprint density at radius 2 is 2.04 bits per heavy atom. The summed E-state index contributed by atoms with van der Waals surface area (Å²) in [5.74, 6) is -0.922. The van der Waals surface area contributed by atoms with Crippen molar-refractivity contribution < 1.29 is 19.4 Å². The van der Waals surface area contributed by atoms with Gasteiger partial charge in [-0.05, 0) is 69.5 Å². The zero-order chi connectivity index (χ0) is 20.1. The van der Waals surface area contributed by atoms with Crippen LogP contribution in [0.3, 0.4) is 0 Å². The molecule has 0 spiro atoms. The molecule has 0 atom stereocenters. The smallest absolute Gasteiger partial charge is 0.304 e. The minimum absolute atomic E-state index is 0.0690. The number of hydrogen-bond donors (Lipinski definition) is 3. The largest absolute Gasteiger partial charge is 0.481 e. The molecule has 0 radical (unpaired) electrons. The Kier molecular flexibility index (Phi) is 6.69. The normalized spacial score (nSPS) is 19.8. The van der Waals surface area contributed by atoms with Gasteiger partial charge in [-0.25, -0.2) is 0 Å². The lowest BCUT2D eigenvalue weighted by atomic mass is 9.85. The van der Waals surface area contributed by atoms with Gasteiger partial charge in [0.2, 0.25) is 5.91 Å². The molecule has 1 aromatic rings. The van der Waals surface area contributed by atoms with Crippen LogP contribution in [0.2, 0.25) is 0 Å². The number of hydrogen-bond acceptors (Lipinski definition) is 5. The Morgan fingerprint density at radius 3 is 2.75 bits per heavy atom. The lowest BCUT2D eigenvalue weighted by molar-refractivity contribution is -0.137. The number of rotatable bonds is 7. The van der Waals surface area contributed by atoms with E-state index in [1.807, 2.05) is 12.1 Å². The van der Waals surface area contributed by atoms with Crippen LogP contribution in [-0.2, 0) is 27.3 Å². The molecule has 2 aliphatic heterocycles. The second-order valence-electron chi connectivity index (χ2n) is 8.35. The number of ether oxygens (including phenoxy) is 1. The molecular formula is C21H31N3O4. The number of carboxylic acids is 1. The molecule has 0 aliphatic carbocycles. The first-order chi connectivity index (χ1) is 13.3. The van der Waals surface area contributed by atoms with Crippen LogP contribution in [0.4, 0.5) is 5.69 Å². The van der Waals surface area contributed by atoms with E-state index in [9.17, 15) is 9.59 Å². The van der Waals surface area contributed by atoms with Gasteiger partial charge in [-0.2, -0.15) is 0 Å². The van der Waals surface area contributed by atoms with Crippen molar-refractivity contribution >= 4 is 17.6 Å². The molecule has 0 saturated carbocycles. The monoisotopic (exact) mass is 389 g/mol. The Balaban J connectivity index is 1.58. The Bertz CT molecular complexity index is 714. The molecule has 3 rings (SSSR count). The van der Waals surface area contributed by atoms with E-state index in [4.69, 9.17) is 9.84 Å². The molecule has 2 aliphatic rings. The first kappa shape index (κ1) is 20.8.